The second-order valence-electron chi connectivity index (χ2n) is 15.8. The Kier molecular flexibility index (Phi) is 38.4. The number of hydrogen-bond donors (Lipinski definition) is 0. The Balaban J connectivity index is 4.31. The molecule has 0 rings (SSSR count). The number of rotatable bonds is 40. The van der Waals surface area contributed by atoms with Crippen LogP contribution in [0.4, 0.5) is 0 Å². The van der Waals surface area contributed by atoms with E-state index < -0.39 is 6.10 Å². The molecule has 0 aromatic heterocycles. The molecule has 51 heavy (non-hydrogen) atoms. The van der Waals surface area contributed by atoms with E-state index in [2.05, 4.69) is 27.7 Å². The first-order valence-electron chi connectivity index (χ1n) is 22.4. The fraction of sp³-hybridized carbons (Fsp3) is 0.933. The fourth-order valence-electron chi connectivity index (χ4n) is 6.63. The van der Waals surface area contributed by atoms with Gasteiger partial charge < -0.3 is 14.2 Å². The van der Waals surface area contributed by atoms with Crippen LogP contribution in [0.15, 0.2) is 0 Å². The number of esters is 3. The molecule has 1 atom stereocenters. The van der Waals surface area contributed by atoms with Gasteiger partial charge in [-0.1, -0.05) is 207 Å². The number of carbonyl (C=O) groups is 3. The molecule has 0 aliphatic carbocycles. The van der Waals surface area contributed by atoms with Crippen molar-refractivity contribution in [3.8, 4) is 0 Å². The zero-order chi connectivity index (χ0) is 37.5. The van der Waals surface area contributed by atoms with E-state index in [1.54, 1.807) is 0 Å². The monoisotopic (exact) mass is 723 g/mol. The summed E-state index contributed by atoms with van der Waals surface area (Å²) in [5.41, 5.74) is 0. The van der Waals surface area contributed by atoms with Gasteiger partial charge >= 0.3 is 17.9 Å². The molecule has 0 spiro atoms. The highest BCUT2D eigenvalue weighted by molar-refractivity contribution is 5.71. The average molecular weight is 723 g/mol. The fourth-order valence-corrected chi connectivity index (χ4v) is 6.63. The van der Waals surface area contributed by atoms with Crippen molar-refractivity contribution in [3.63, 3.8) is 0 Å². The quantitative estimate of drug-likeness (QED) is 0.0356. The van der Waals surface area contributed by atoms with Crippen molar-refractivity contribution in [1.29, 1.82) is 0 Å². The summed E-state index contributed by atoms with van der Waals surface area (Å²) >= 11 is 0. The number of ether oxygens (including phenoxy) is 3. The Bertz CT molecular complexity index is 766. The summed E-state index contributed by atoms with van der Waals surface area (Å²) in [7, 11) is 0. The van der Waals surface area contributed by atoms with Crippen molar-refractivity contribution >= 4 is 17.9 Å². The first-order valence-corrected chi connectivity index (χ1v) is 22.4. The molecule has 0 saturated carbocycles. The van der Waals surface area contributed by atoms with Crippen LogP contribution < -0.4 is 0 Å². The molecule has 0 amide bonds. The van der Waals surface area contributed by atoms with Gasteiger partial charge in [0.2, 0.25) is 0 Å². The minimum absolute atomic E-state index is 0.0647. The van der Waals surface area contributed by atoms with Gasteiger partial charge in [0.1, 0.15) is 13.2 Å². The van der Waals surface area contributed by atoms with Crippen LogP contribution in [0.5, 0.6) is 0 Å². The molecular formula is C45H86O6. The summed E-state index contributed by atoms with van der Waals surface area (Å²) in [6, 6.07) is 0. The maximum Gasteiger partial charge on any atom is 0.306 e. The number of carbonyl (C=O) groups excluding carboxylic acids is 3. The maximum atomic E-state index is 12.7. The van der Waals surface area contributed by atoms with Gasteiger partial charge in [0.05, 0.1) is 0 Å². The van der Waals surface area contributed by atoms with Crippen LogP contribution in [0.2, 0.25) is 0 Å². The van der Waals surface area contributed by atoms with Gasteiger partial charge in [0.15, 0.2) is 6.10 Å². The van der Waals surface area contributed by atoms with Crippen LogP contribution in [0.1, 0.15) is 246 Å². The van der Waals surface area contributed by atoms with Crippen molar-refractivity contribution in [3.05, 3.63) is 0 Å². The molecule has 0 aliphatic heterocycles. The van der Waals surface area contributed by atoms with Crippen LogP contribution in [0, 0.1) is 5.92 Å². The Labute approximate surface area is 317 Å². The second-order valence-corrected chi connectivity index (χ2v) is 15.8. The highest BCUT2D eigenvalue weighted by Crippen LogP contribution is 2.16. The van der Waals surface area contributed by atoms with Crippen molar-refractivity contribution < 1.29 is 28.6 Å². The lowest BCUT2D eigenvalue weighted by Gasteiger charge is -2.18. The summed E-state index contributed by atoms with van der Waals surface area (Å²) < 4.78 is 16.7. The average Bonchev–Trinajstić information content (AvgIpc) is 3.11. The molecule has 0 aliphatic rings. The van der Waals surface area contributed by atoms with Gasteiger partial charge in [-0.15, -0.1) is 0 Å². The van der Waals surface area contributed by atoms with Gasteiger partial charge in [0, 0.05) is 19.3 Å². The number of hydrogen-bond acceptors (Lipinski definition) is 6. The van der Waals surface area contributed by atoms with Crippen molar-refractivity contribution in [2.45, 2.75) is 252 Å². The van der Waals surface area contributed by atoms with E-state index in [9.17, 15) is 14.4 Å². The minimum Gasteiger partial charge on any atom is -0.462 e. The third-order valence-corrected chi connectivity index (χ3v) is 10.0. The molecule has 6 nitrogen and oxygen atoms in total. The highest BCUT2D eigenvalue weighted by Gasteiger charge is 2.19. The van der Waals surface area contributed by atoms with E-state index >= 15 is 0 Å². The topological polar surface area (TPSA) is 78.9 Å². The summed E-state index contributed by atoms with van der Waals surface area (Å²) in [6.07, 6.45) is 38.1. The van der Waals surface area contributed by atoms with Crippen molar-refractivity contribution in [1.82, 2.24) is 0 Å². The molecular weight excluding hydrogens is 636 g/mol. The third-order valence-electron chi connectivity index (χ3n) is 10.0. The van der Waals surface area contributed by atoms with Crippen molar-refractivity contribution in [2.75, 3.05) is 13.2 Å². The molecule has 0 bridgehead atoms. The van der Waals surface area contributed by atoms with Gasteiger partial charge in [-0.2, -0.15) is 0 Å². The Hall–Kier alpha value is -1.59. The van der Waals surface area contributed by atoms with E-state index in [0.29, 0.717) is 19.3 Å². The standard InChI is InChI=1S/C45H86O6/c1-5-7-9-11-13-15-16-17-18-19-21-25-30-34-38-45(48)51-42(39-49-43(46)36-32-28-24-20-14-12-10-8-6-2)40-50-44(47)37-33-29-26-22-23-27-31-35-41(3)4/h41-42H,5-40H2,1-4H3/t42-/m1/s1. The molecule has 0 radical (unpaired) electrons. The van der Waals surface area contributed by atoms with E-state index in [0.717, 1.165) is 63.7 Å². The molecule has 0 unspecified atom stereocenters. The SMILES string of the molecule is CCCCCCCCCCCCCCCCC(=O)O[C@H](COC(=O)CCCCCCCCCCC)COC(=O)CCCCCCCCCC(C)C. The van der Waals surface area contributed by atoms with Gasteiger partial charge in [-0.3, -0.25) is 14.4 Å². The third kappa shape index (κ3) is 39.5. The smallest absolute Gasteiger partial charge is 0.306 e. The zero-order valence-corrected chi connectivity index (χ0v) is 34.6. The van der Waals surface area contributed by atoms with Crippen LogP contribution in [0.3, 0.4) is 0 Å². The Morgan fingerprint density at radius 3 is 0.961 bits per heavy atom. The first kappa shape index (κ1) is 49.4. The van der Waals surface area contributed by atoms with Crippen LogP contribution in [-0.4, -0.2) is 37.2 Å². The van der Waals surface area contributed by atoms with Crippen molar-refractivity contribution in [2.24, 2.45) is 5.92 Å². The lowest BCUT2D eigenvalue weighted by molar-refractivity contribution is -0.167. The molecule has 6 heteroatoms. The van der Waals surface area contributed by atoms with E-state index in [4.69, 9.17) is 14.2 Å². The number of unbranched alkanes of at least 4 members (excludes halogenated alkanes) is 27. The largest absolute Gasteiger partial charge is 0.462 e. The normalized spacial score (nSPS) is 11.9. The predicted molar refractivity (Wildman–Crippen MR) is 215 cm³/mol. The van der Waals surface area contributed by atoms with E-state index in [-0.39, 0.29) is 31.1 Å². The summed E-state index contributed by atoms with van der Waals surface area (Å²) in [5, 5.41) is 0. The summed E-state index contributed by atoms with van der Waals surface area (Å²) in [6.45, 7) is 8.93. The first-order chi connectivity index (χ1) is 24.9. The van der Waals surface area contributed by atoms with Crippen LogP contribution >= 0.6 is 0 Å². The maximum absolute atomic E-state index is 12.7. The molecule has 302 valence electrons. The molecule has 0 saturated heterocycles. The minimum atomic E-state index is -0.758. The summed E-state index contributed by atoms with van der Waals surface area (Å²) in [5.74, 6) is -0.0783. The highest BCUT2D eigenvalue weighted by atomic mass is 16.6. The van der Waals surface area contributed by atoms with Gasteiger partial charge in [-0.05, 0) is 25.2 Å². The Morgan fingerprint density at radius 1 is 0.373 bits per heavy atom. The molecule has 0 fully saturated rings. The van der Waals surface area contributed by atoms with Crippen LogP contribution in [-0.2, 0) is 28.6 Å². The van der Waals surface area contributed by atoms with Crippen LogP contribution in [0.25, 0.3) is 0 Å². The molecule has 0 heterocycles. The van der Waals surface area contributed by atoms with E-state index in [1.165, 1.54) is 141 Å². The zero-order valence-electron chi connectivity index (χ0n) is 34.6. The summed E-state index contributed by atoms with van der Waals surface area (Å²) in [4.78, 5) is 37.6. The predicted octanol–water partition coefficient (Wildman–Crippen LogP) is 13.9. The lowest BCUT2D eigenvalue weighted by atomic mass is 10.0. The second kappa shape index (κ2) is 39.6. The van der Waals surface area contributed by atoms with Gasteiger partial charge in [0.25, 0.3) is 0 Å². The lowest BCUT2D eigenvalue weighted by Crippen LogP contribution is -2.30. The van der Waals surface area contributed by atoms with Gasteiger partial charge in [-0.25, -0.2) is 0 Å². The van der Waals surface area contributed by atoms with E-state index in [1.807, 2.05) is 0 Å². The molecule has 0 aromatic carbocycles. The molecule has 0 aromatic rings. The molecule has 0 N–H and O–H groups in total. The Morgan fingerprint density at radius 2 is 0.647 bits per heavy atom.